The van der Waals surface area contributed by atoms with E-state index >= 15 is 0 Å². The lowest BCUT2D eigenvalue weighted by molar-refractivity contribution is -0.121. The van der Waals surface area contributed by atoms with Gasteiger partial charge in [0.15, 0.2) is 0 Å². The molecule has 1 aliphatic carbocycles. The van der Waals surface area contributed by atoms with Gasteiger partial charge in [-0.3, -0.25) is 10.1 Å². The minimum absolute atomic E-state index is 0.208. The second-order valence-electron chi connectivity index (χ2n) is 5.17. The lowest BCUT2D eigenvalue weighted by atomic mass is 9.87. The molecule has 0 heterocycles. The van der Waals surface area contributed by atoms with Crippen LogP contribution in [0, 0.1) is 5.92 Å². The maximum atomic E-state index is 11.7. The third-order valence-corrected chi connectivity index (χ3v) is 3.44. The van der Waals surface area contributed by atoms with Crippen molar-refractivity contribution in [1.82, 2.24) is 16.0 Å². The molecule has 4 N–H and O–H groups in total. The van der Waals surface area contributed by atoms with E-state index in [4.69, 9.17) is 0 Å². The van der Waals surface area contributed by atoms with Gasteiger partial charge < -0.3 is 15.7 Å². The van der Waals surface area contributed by atoms with Gasteiger partial charge in [0.05, 0.1) is 12.1 Å². The van der Waals surface area contributed by atoms with Crippen LogP contribution in [0.4, 0.5) is 4.79 Å². The summed E-state index contributed by atoms with van der Waals surface area (Å²) in [6.45, 7) is 4.70. The van der Waals surface area contributed by atoms with Crippen LogP contribution >= 0.6 is 0 Å². The topological polar surface area (TPSA) is 90.5 Å². The van der Waals surface area contributed by atoms with E-state index in [0.717, 1.165) is 25.7 Å². The molecule has 6 nitrogen and oxygen atoms in total. The standard InChI is InChI=1S/C13H25N3O3/c1-3-14-13(19)16-12(18)9(2)15-8-10-5-4-6-11(17)7-10/h9-11,15,17H,3-8H2,1-2H3,(H2,14,16,18,19). The highest BCUT2D eigenvalue weighted by atomic mass is 16.3. The van der Waals surface area contributed by atoms with Crippen LogP contribution in [0.15, 0.2) is 0 Å². The van der Waals surface area contributed by atoms with Crippen LogP contribution in [0.25, 0.3) is 0 Å². The van der Waals surface area contributed by atoms with Gasteiger partial charge in [-0.25, -0.2) is 4.79 Å². The Morgan fingerprint density at radius 1 is 1.37 bits per heavy atom. The Morgan fingerprint density at radius 2 is 2.11 bits per heavy atom. The number of nitrogens with one attached hydrogen (secondary N) is 3. The van der Waals surface area contributed by atoms with Crippen LogP contribution in [0.1, 0.15) is 39.5 Å². The number of rotatable bonds is 5. The Hall–Kier alpha value is -1.14. The number of imide groups is 1. The smallest absolute Gasteiger partial charge is 0.321 e. The predicted octanol–water partition coefficient (Wildman–Crippen LogP) is 0.361. The van der Waals surface area contributed by atoms with Crippen molar-refractivity contribution in [1.29, 1.82) is 0 Å². The third kappa shape index (κ3) is 6.02. The fourth-order valence-electron chi connectivity index (χ4n) is 2.31. The lowest BCUT2D eigenvalue weighted by Gasteiger charge is -2.27. The maximum absolute atomic E-state index is 11.7. The first kappa shape index (κ1) is 15.9. The minimum atomic E-state index is -0.464. The van der Waals surface area contributed by atoms with Crippen molar-refractivity contribution < 1.29 is 14.7 Å². The van der Waals surface area contributed by atoms with Crippen LogP contribution in [0.2, 0.25) is 0 Å². The summed E-state index contributed by atoms with van der Waals surface area (Å²) in [5.41, 5.74) is 0. The van der Waals surface area contributed by atoms with Gasteiger partial charge in [-0.05, 0) is 45.6 Å². The summed E-state index contributed by atoms with van der Waals surface area (Å²) in [6.07, 6.45) is 3.57. The van der Waals surface area contributed by atoms with Crippen molar-refractivity contribution in [3.63, 3.8) is 0 Å². The highest BCUT2D eigenvalue weighted by molar-refractivity contribution is 5.96. The van der Waals surface area contributed by atoms with E-state index in [-0.39, 0.29) is 12.0 Å². The first-order chi connectivity index (χ1) is 9.02. The highest BCUT2D eigenvalue weighted by Crippen LogP contribution is 2.23. The largest absolute Gasteiger partial charge is 0.393 e. The van der Waals surface area contributed by atoms with E-state index in [2.05, 4.69) is 16.0 Å². The second-order valence-corrected chi connectivity index (χ2v) is 5.17. The van der Waals surface area contributed by atoms with Gasteiger partial charge in [0, 0.05) is 6.54 Å². The molecular formula is C13H25N3O3. The number of carbonyl (C=O) groups excluding carboxylic acids is 2. The van der Waals surface area contributed by atoms with E-state index in [0.29, 0.717) is 19.0 Å². The fraction of sp³-hybridized carbons (Fsp3) is 0.846. The lowest BCUT2D eigenvalue weighted by Crippen LogP contribution is -2.49. The number of aliphatic hydroxyl groups is 1. The van der Waals surface area contributed by atoms with E-state index in [1.54, 1.807) is 13.8 Å². The fourth-order valence-corrected chi connectivity index (χ4v) is 2.31. The zero-order chi connectivity index (χ0) is 14.3. The summed E-state index contributed by atoms with van der Waals surface area (Å²) >= 11 is 0. The monoisotopic (exact) mass is 271 g/mol. The van der Waals surface area contributed by atoms with Crippen molar-refractivity contribution in [2.75, 3.05) is 13.1 Å². The summed E-state index contributed by atoms with van der Waals surface area (Å²) < 4.78 is 0. The van der Waals surface area contributed by atoms with E-state index in [9.17, 15) is 14.7 Å². The molecule has 1 rings (SSSR count). The van der Waals surface area contributed by atoms with Crippen LogP contribution in [-0.2, 0) is 4.79 Å². The molecule has 0 aromatic rings. The van der Waals surface area contributed by atoms with Crippen molar-refractivity contribution in [3.8, 4) is 0 Å². The molecule has 1 saturated carbocycles. The molecule has 3 atom stereocenters. The molecule has 110 valence electrons. The third-order valence-electron chi connectivity index (χ3n) is 3.44. The molecule has 0 spiro atoms. The van der Waals surface area contributed by atoms with Crippen LogP contribution in [-0.4, -0.2) is 42.3 Å². The van der Waals surface area contributed by atoms with Gasteiger partial charge in [0.2, 0.25) is 5.91 Å². The number of hydrogen-bond donors (Lipinski definition) is 4. The average molecular weight is 271 g/mol. The summed E-state index contributed by atoms with van der Waals surface area (Å²) in [5, 5.41) is 17.5. The number of aliphatic hydroxyl groups excluding tert-OH is 1. The summed E-state index contributed by atoms with van der Waals surface area (Å²) in [5.74, 6) is 0.0748. The SMILES string of the molecule is CCNC(=O)NC(=O)C(C)NCC1CCCC(O)C1. The van der Waals surface area contributed by atoms with Crippen molar-refractivity contribution in [3.05, 3.63) is 0 Å². The number of amides is 3. The molecule has 0 radical (unpaired) electrons. The Labute approximate surface area is 114 Å². The van der Waals surface area contributed by atoms with Crippen molar-refractivity contribution in [2.24, 2.45) is 5.92 Å². The van der Waals surface area contributed by atoms with Gasteiger partial charge in [-0.15, -0.1) is 0 Å². The molecule has 6 heteroatoms. The summed E-state index contributed by atoms with van der Waals surface area (Å²) in [7, 11) is 0. The molecule has 3 unspecified atom stereocenters. The number of hydrogen-bond acceptors (Lipinski definition) is 4. The first-order valence-corrected chi connectivity index (χ1v) is 7.03. The molecule has 0 saturated heterocycles. The average Bonchev–Trinajstić information content (AvgIpc) is 2.36. The predicted molar refractivity (Wildman–Crippen MR) is 72.6 cm³/mol. The Balaban J connectivity index is 2.24. The Bertz CT molecular complexity index is 310. The van der Waals surface area contributed by atoms with E-state index < -0.39 is 12.1 Å². The first-order valence-electron chi connectivity index (χ1n) is 7.03. The van der Waals surface area contributed by atoms with Gasteiger partial charge >= 0.3 is 6.03 Å². The summed E-state index contributed by atoms with van der Waals surface area (Å²) in [4.78, 5) is 22.9. The van der Waals surface area contributed by atoms with Crippen LogP contribution in [0.3, 0.4) is 0 Å². The molecule has 1 aliphatic rings. The molecule has 0 aromatic carbocycles. The van der Waals surface area contributed by atoms with Gasteiger partial charge in [0.25, 0.3) is 0 Å². The maximum Gasteiger partial charge on any atom is 0.321 e. The molecule has 0 aliphatic heterocycles. The van der Waals surface area contributed by atoms with Crippen molar-refractivity contribution >= 4 is 11.9 Å². The highest BCUT2D eigenvalue weighted by Gasteiger charge is 2.22. The van der Waals surface area contributed by atoms with Crippen molar-refractivity contribution in [2.45, 2.75) is 51.7 Å². The van der Waals surface area contributed by atoms with Crippen LogP contribution in [0.5, 0.6) is 0 Å². The Morgan fingerprint density at radius 3 is 2.74 bits per heavy atom. The zero-order valence-corrected chi connectivity index (χ0v) is 11.7. The minimum Gasteiger partial charge on any atom is -0.393 e. The molecule has 0 bridgehead atoms. The number of carbonyl (C=O) groups is 2. The molecule has 3 amide bonds. The Kier molecular flexibility index (Phi) is 6.80. The number of urea groups is 1. The van der Waals surface area contributed by atoms with Gasteiger partial charge in [-0.1, -0.05) is 6.42 Å². The molecular weight excluding hydrogens is 246 g/mol. The van der Waals surface area contributed by atoms with Gasteiger partial charge in [-0.2, -0.15) is 0 Å². The van der Waals surface area contributed by atoms with E-state index in [1.807, 2.05) is 0 Å². The second kappa shape index (κ2) is 8.12. The molecule has 1 fully saturated rings. The van der Waals surface area contributed by atoms with Gasteiger partial charge in [0.1, 0.15) is 0 Å². The normalized spacial score (nSPS) is 24.6. The van der Waals surface area contributed by atoms with E-state index in [1.165, 1.54) is 0 Å². The van der Waals surface area contributed by atoms with Crippen LogP contribution < -0.4 is 16.0 Å². The molecule has 0 aromatic heterocycles. The molecule has 19 heavy (non-hydrogen) atoms. The summed E-state index contributed by atoms with van der Waals surface area (Å²) in [6, 6.07) is -0.879. The zero-order valence-electron chi connectivity index (χ0n) is 11.7. The quantitative estimate of drug-likeness (QED) is 0.581.